The van der Waals surface area contributed by atoms with Crippen LogP contribution < -0.4 is 0 Å². The third-order valence-corrected chi connectivity index (χ3v) is 4.04. The fourth-order valence-corrected chi connectivity index (χ4v) is 2.40. The fraction of sp³-hybridized carbons (Fsp3) is 0. The number of halogens is 1. The Bertz CT molecular complexity index is 242. The van der Waals surface area contributed by atoms with Crippen molar-refractivity contribution >= 4 is 64.6 Å². The van der Waals surface area contributed by atoms with Gasteiger partial charge in [-0.2, -0.15) is 0 Å². The summed E-state index contributed by atoms with van der Waals surface area (Å²) in [4.78, 5) is 11.6. The van der Waals surface area contributed by atoms with Gasteiger partial charge in [0, 0.05) is 20.8 Å². The maximum absolute atomic E-state index is 10.5. The number of hydrogen-bond donors (Lipinski definition) is 0. The van der Waals surface area contributed by atoms with Crippen LogP contribution in [0.15, 0.2) is 35.2 Å². The molecule has 0 unspecified atom stereocenters. The third kappa shape index (κ3) is 5.48. The molecule has 0 spiro atoms. The fourth-order valence-electron chi connectivity index (χ4n) is 0.557. The van der Waals surface area contributed by atoms with Crippen LogP contribution in [0.25, 0.3) is 0 Å². The Morgan fingerprint density at radius 3 is 2.33 bits per heavy atom. The molecule has 0 fully saturated rings. The van der Waals surface area contributed by atoms with Crippen molar-refractivity contribution in [3.63, 3.8) is 0 Å². The standard InChI is InChI=1S/C7H5BrOS2.Mg.2H/c8-7(9)11-10-6-4-2-1-3-5-6;;;/h1-5H;;;. The van der Waals surface area contributed by atoms with E-state index in [9.17, 15) is 4.79 Å². The van der Waals surface area contributed by atoms with Crippen molar-refractivity contribution in [3.8, 4) is 0 Å². The topological polar surface area (TPSA) is 17.1 Å². The number of carbonyl (C=O) groups is 1. The summed E-state index contributed by atoms with van der Waals surface area (Å²) in [6.45, 7) is 0. The van der Waals surface area contributed by atoms with E-state index in [1.165, 1.54) is 21.6 Å². The monoisotopic (exact) mass is 274 g/mol. The number of carbonyl (C=O) groups excluding carboxylic acids is 1. The summed E-state index contributed by atoms with van der Waals surface area (Å²) in [7, 11) is 2.63. The van der Waals surface area contributed by atoms with Crippen molar-refractivity contribution in [2.24, 2.45) is 0 Å². The van der Waals surface area contributed by atoms with Crippen LogP contribution in [-0.2, 0) is 0 Å². The Morgan fingerprint density at radius 1 is 1.25 bits per heavy atom. The van der Waals surface area contributed by atoms with Crippen LogP contribution in [0.3, 0.4) is 0 Å². The molecule has 0 aliphatic rings. The first-order valence-corrected chi connectivity index (χ1v) is 5.82. The predicted octanol–water partition coefficient (Wildman–Crippen LogP) is 3.03. The Balaban J connectivity index is 0.00000121. The maximum atomic E-state index is 10.5. The smallest absolute Gasteiger partial charge is 0.273 e. The first-order valence-electron chi connectivity index (χ1n) is 2.88. The molecule has 0 radical (unpaired) electrons. The summed E-state index contributed by atoms with van der Waals surface area (Å²) in [5.41, 5.74) is 0. The minimum Gasteiger partial charge on any atom is -0.273 e. The lowest BCUT2D eigenvalue weighted by molar-refractivity contribution is 0.277. The summed E-state index contributed by atoms with van der Waals surface area (Å²) in [6, 6.07) is 9.77. The van der Waals surface area contributed by atoms with Crippen LogP contribution in [0.1, 0.15) is 0 Å². The first kappa shape index (κ1) is 12.8. The molecule has 62 valence electrons. The molecule has 0 N–H and O–H groups in total. The van der Waals surface area contributed by atoms with E-state index < -0.39 is 0 Å². The van der Waals surface area contributed by atoms with Gasteiger partial charge >= 0.3 is 23.1 Å². The van der Waals surface area contributed by atoms with Crippen LogP contribution in [0.4, 0.5) is 4.79 Å². The minimum atomic E-state index is -0.0497. The maximum Gasteiger partial charge on any atom is 0.316 e. The van der Waals surface area contributed by atoms with Gasteiger partial charge in [0.05, 0.1) is 0 Å². The van der Waals surface area contributed by atoms with Gasteiger partial charge in [-0.1, -0.05) is 18.2 Å². The highest BCUT2D eigenvalue weighted by atomic mass is 79.9. The van der Waals surface area contributed by atoms with Gasteiger partial charge in [-0.15, -0.1) is 0 Å². The van der Waals surface area contributed by atoms with Crippen LogP contribution in [0.5, 0.6) is 0 Å². The lowest BCUT2D eigenvalue weighted by Gasteiger charge is -1.93. The van der Waals surface area contributed by atoms with E-state index in [2.05, 4.69) is 15.9 Å². The van der Waals surface area contributed by atoms with Crippen molar-refractivity contribution in [1.29, 1.82) is 0 Å². The number of rotatable bonds is 2. The van der Waals surface area contributed by atoms with E-state index in [0.717, 1.165) is 4.90 Å². The lowest BCUT2D eigenvalue weighted by Crippen LogP contribution is -1.67. The number of hydrogen-bond acceptors (Lipinski definition) is 3. The zero-order valence-corrected chi connectivity index (χ0v) is 8.71. The second kappa shape index (κ2) is 7.26. The average Bonchev–Trinajstić information content (AvgIpc) is 2.03. The van der Waals surface area contributed by atoms with Crippen molar-refractivity contribution in [1.82, 2.24) is 0 Å². The van der Waals surface area contributed by atoms with Crippen LogP contribution in [-0.4, -0.2) is 27.1 Å². The molecule has 0 aliphatic carbocycles. The Hall–Kier alpha value is 0.836. The van der Waals surface area contributed by atoms with Gasteiger partial charge in [0.1, 0.15) is 0 Å². The van der Waals surface area contributed by atoms with E-state index in [0.29, 0.717) is 0 Å². The molecule has 0 saturated carbocycles. The molecule has 1 rings (SSSR count). The highest BCUT2D eigenvalue weighted by Crippen LogP contribution is 2.33. The van der Waals surface area contributed by atoms with Gasteiger partial charge in [0.2, 0.25) is 0 Å². The lowest BCUT2D eigenvalue weighted by atomic mass is 10.4. The molecule has 0 aliphatic heterocycles. The normalized spacial score (nSPS) is 8.75. The van der Waals surface area contributed by atoms with Crippen LogP contribution >= 0.6 is 37.5 Å². The second-order valence-corrected chi connectivity index (χ2v) is 5.14. The molecule has 1 aromatic carbocycles. The summed E-state index contributed by atoms with van der Waals surface area (Å²) >= 11 is 2.84. The molecule has 1 nitrogen and oxygen atoms in total. The molecule has 0 bridgehead atoms. The van der Waals surface area contributed by atoms with Crippen LogP contribution in [0.2, 0.25) is 0 Å². The zero-order valence-electron chi connectivity index (χ0n) is 5.49. The Kier molecular flexibility index (Phi) is 7.77. The zero-order chi connectivity index (χ0) is 8.10. The van der Waals surface area contributed by atoms with Crippen molar-refractivity contribution in [2.75, 3.05) is 0 Å². The largest absolute Gasteiger partial charge is 0.316 e. The predicted molar refractivity (Wildman–Crippen MR) is 62.8 cm³/mol. The van der Waals surface area contributed by atoms with Crippen molar-refractivity contribution in [2.45, 2.75) is 4.90 Å². The molecular formula is C7H7BrMgOS2. The van der Waals surface area contributed by atoms with E-state index in [1.807, 2.05) is 30.3 Å². The average molecular weight is 275 g/mol. The van der Waals surface area contributed by atoms with E-state index in [4.69, 9.17) is 0 Å². The first-order chi connectivity index (χ1) is 5.29. The summed E-state index contributed by atoms with van der Waals surface area (Å²) < 4.78 is -0.0497. The van der Waals surface area contributed by atoms with Gasteiger partial charge in [-0.25, -0.2) is 0 Å². The molecule has 0 aromatic heterocycles. The quantitative estimate of drug-likeness (QED) is 0.469. The minimum absolute atomic E-state index is 0. The highest BCUT2D eigenvalue weighted by molar-refractivity contribution is 9.24. The molecule has 5 heteroatoms. The summed E-state index contributed by atoms with van der Waals surface area (Å²) in [6.07, 6.45) is 0. The van der Waals surface area contributed by atoms with Crippen LogP contribution in [0, 0.1) is 0 Å². The molecule has 12 heavy (non-hydrogen) atoms. The summed E-state index contributed by atoms with van der Waals surface area (Å²) in [5, 5.41) is 0. The number of benzene rings is 1. The Morgan fingerprint density at radius 2 is 1.83 bits per heavy atom. The molecule has 0 heterocycles. The molecule has 0 atom stereocenters. The molecule has 1 aromatic rings. The highest BCUT2D eigenvalue weighted by Gasteiger charge is 1.97. The Labute approximate surface area is 104 Å². The van der Waals surface area contributed by atoms with Gasteiger partial charge in [0.25, 0.3) is 4.02 Å². The van der Waals surface area contributed by atoms with Gasteiger partial charge in [-0.3, -0.25) is 4.79 Å². The molecule has 0 saturated heterocycles. The van der Waals surface area contributed by atoms with E-state index in [1.54, 1.807) is 0 Å². The van der Waals surface area contributed by atoms with Gasteiger partial charge < -0.3 is 0 Å². The second-order valence-electron chi connectivity index (χ2n) is 1.72. The van der Waals surface area contributed by atoms with Gasteiger partial charge in [-0.05, 0) is 33.7 Å². The van der Waals surface area contributed by atoms with Crippen molar-refractivity contribution in [3.05, 3.63) is 30.3 Å². The van der Waals surface area contributed by atoms with E-state index >= 15 is 0 Å². The van der Waals surface area contributed by atoms with E-state index in [-0.39, 0.29) is 27.1 Å². The van der Waals surface area contributed by atoms with Gasteiger partial charge in [0.15, 0.2) is 0 Å². The third-order valence-electron chi connectivity index (χ3n) is 0.947. The van der Waals surface area contributed by atoms with Crippen molar-refractivity contribution < 1.29 is 4.79 Å². The molecular weight excluding hydrogens is 268 g/mol. The molecule has 0 amide bonds. The summed E-state index contributed by atoms with van der Waals surface area (Å²) in [5.74, 6) is 0. The SMILES string of the molecule is O=C(Br)SSc1ccccc1.[MgH2].